The fourth-order valence-corrected chi connectivity index (χ4v) is 1.99. The van der Waals surface area contributed by atoms with Crippen molar-refractivity contribution in [2.24, 2.45) is 0 Å². The summed E-state index contributed by atoms with van der Waals surface area (Å²) in [5.74, 6) is 0.501. The van der Waals surface area contributed by atoms with Crippen LogP contribution in [0.4, 0.5) is 5.69 Å². The Kier molecular flexibility index (Phi) is 5.86. The smallest absolute Gasteiger partial charge is 0.269 e. The van der Waals surface area contributed by atoms with Gasteiger partial charge in [-0.15, -0.1) is 0 Å². The van der Waals surface area contributed by atoms with Crippen molar-refractivity contribution in [1.82, 2.24) is 15.2 Å². The predicted octanol–water partition coefficient (Wildman–Crippen LogP) is 1.73. The molecule has 0 saturated carbocycles. The fourth-order valence-electron chi connectivity index (χ4n) is 1.99. The van der Waals surface area contributed by atoms with Gasteiger partial charge in [0, 0.05) is 19.3 Å². The molecule has 7 nitrogen and oxygen atoms in total. The molecular formula is C17H20N4O3. The fraction of sp³-hybridized carbons (Fsp3) is 0.235. The molecule has 2 amide bonds. The van der Waals surface area contributed by atoms with E-state index in [1.807, 2.05) is 14.1 Å². The van der Waals surface area contributed by atoms with Gasteiger partial charge >= 0.3 is 0 Å². The summed E-state index contributed by atoms with van der Waals surface area (Å²) >= 11 is 0. The first-order chi connectivity index (χ1) is 11.5. The molecule has 1 aromatic heterocycles. The molecule has 7 heteroatoms. The van der Waals surface area contributed by atoms with Crippen LogP contribution in [0.1, 0.15) is 10.5 Å². The lowest BCUT2D eigenvalue weighted by Crippen LogP contribution is -2.27. The Morgan fingerprint density at radius 2 is 1.96 bits per heavy atom. The van der Waals surface area contributed by atoms with Crippen molar-refractivity contribution in [3.63, 3.8) is 0 Å². The first kappa shape index (κ1) is 17.4. The van der Waals surface area contributed by atoms with Crippen LogP contribution < -0.4 is 15.4 Å². The number of amides is 2. The number of nitrogens with zero attached hydrogens (tertiary/aromatic N) is 2. The molecule has 0 bridgehead atoms. The molecule has 0 unspecified atom stereocenters. The minimum absolute atomic E-state index is 0.142. The van der Waals surface area contributed by atoms with Gasteiger partial charge in [-0.05, 0) is 32.3 Å². The highest BCUT2D eigenvalue weighted by molar-refractivity contribution is 5.94. The Hall–Kier alpha value is -2.93. The highest BCUT2D eigenvalue weighted by Crippen LogP contribution is 2.29. The van der Waals surface area contributed by atoms with Gasteiger partial charge in [0.05, 0.1) is 12.2 Å². The summed E-state index contributed by atoms with van der Waals surface area (Å²) < 4.78 is 5.80. The molecule has 0 radical (unpaired) electrons. The number of ether oxygens (including phenoxy) is 1. The summed E-state index contributed by atoms with van der Waals surface area (Å²) in [5.41, 5.74) is 0.812. The van der Waals surface area contributed by atoms with E-state index < -0.39 is 0 Å². The number of rotatable bonds is 6. The van der Waals surface area contributed by atoms with E-state index in [9.17, 15) is 9.59 Å². The van der Waals surface area contributed by atoms with Crippen LogP contribution in [0, 0.1) is 0 Å². The number of carbonyl (C=O) groups excluding carboxylic acids is 2. The quantitative estimate of drug-likeness (QED) is 0.844. The second-order valence-corrected chi connectivity index (χ2v) is 5.34. The van der Waals surface area contributed by atoms with Crippen LogP contribution in [0.2, 0.25) is 0 Å². The Morgan fingerprint density at radius 3 is 2.67 bits per heavy atom. The molecule has 1 aromatic carbocycles. The van der Waals surface area contributed by atoms with Crippen LogP contribution in [-0.2, 0) is 4.79 Å². The molecule has 2 N–H and O–H groups in total. The summed E-state index contributed by atoms with van der Waals surface area (Å²) in [6.45, 7) is 0.268. The zero-order valence-corrected chi connectivity index (χ0v) is 13.9. The Morgan fingerprint density at radius 1 is 1.21 bits per heavy atom. The second-order valence-electron chi connectivity index (χ2n) is 5.34. The Bertz CT molecular complexity index is 731. The van der Waals surface area contributed by atoms with Gasteiger partial charge in [-0.2, -0.15) is 0 Å². The maximum Gasteiger partial charge on any atom is 0.269 e. The van der Waals surface area contributed by atoms with Crippen molar-refractivity contribution >= 4 is 17.5 Å². The molecule has 0 aliphatic heterocycles. The van der Waals surface area contributed by atoms with Crippen molar-refractivity contribution in [2.45, 2.75) is 0 Å². The van der Waals surface area contributed by atoms with E-state index in [1.54, 1.807) is 35.2 Å². The van der Waals surface area contributed by atoms with Crippen LogP contribution >= 0.6 is 0 Å². The van der Waals surface area contributed by atoms with Crippen LogP contribution in [-0.4, -0.2) is 49.4 Å². The van der Waals surface area contributed by atoms with Gasteiger partial charge in [-0.3, -0.25) is 14.6 Å². The number of aromatic nitrogens is 1. The van der Waals surface area contributed by atoms with Gasteiger partial charge in [0.1, 0.15) is 11.4 Å². The highest BCUT2D eigenvalue weighted by Gasteiger charge is 2.11. The van der Waals surface area contributed by atoms with Gasteiger partial charge in [-0.1, -0.05) is 12.1 Å². The number of hydrogen-bond acceptors (Lipinski definition) is 5. The number of carbonyl (C=O) groups is 2. The van der Waals surface area contributed by atoms with Gasteiger partial charge in [0.25, 0.3) is 5.91 Å². The van der Waals surface area contributed by atoms with Crippen molar-refractivity contribution in [3.8, 4) is 11.5 Å². The van der Waals surface area contributed by atoms with Crippen molar-refractivity contribution < 1.29 is 14.3 Å². The lowest BCUT2D eigenvalue weighted by Gasteiger charge is -2.14. The molecule has 0 fully saturated rings. The van der Waals surface area contributed by atoms with Crippen molar-refractivity contribution in [3.05, 3.63) is 48.3 Å². The molecule has 0 atom stereocenters. The van der Waals surface area contributed by atoms with Gasteiger partial charge in [0.2, 0.25) is 5.91 Å². The van der Waals surface area contributed by atoms with Crippen molar-refractivity contribution in [1.29, 1.82) is 0 Å². The number of para-hydroxylation sites is 2. The van der Waals surface area contributed by atoms with Gasteiger partial charge < -0.3 is 20.3 Å². The summed E-state index contributed by atoms with van der Waals surface area (Å²) in [7, 11) is 5.17. The van der Waals surface area contributed by atoms with Crippen LogP contribution in [0.25, 0.3) is 0 Å². The number of nitrogens with one attached hydrogen (secondary N) is 2. The average molecular weight is 328 g/mol. The molecule has 2 aromatic rings. The van der Waals surface area contributed by atoms with E-state index in [-0.39, 0.29) is 24.1 Å². The molecular weight excluding hydrogens is 308 g/mol. The zero-order valence-electron chi connectivity index (χ0n) is 13.9. The molecule has 24 heavy (non-hydrogen) atoms. The molecule has 0 saturated heterocycles. The first-order valence-electron chi connectivity index (χ1n) is 7.39. The monoisotopic (exact) mass is 328 g/mol. The minimum Gasteiger partial charge on any atom is -0.455 e. The van der Waals surface area contributed by atoms with E-state index in [0.29, 0.717) is 17.2 Å². The molecule has 0 aliphatic rings. The van der Waals surface area contributed by atoms with E-state index in [1.165, 1.54) is 19.3 Å². The minimum atomic E-state index is -0.298. The van der Waals surface area contributed by atoms with E-state index in [2.05, 4.69) is 15.6 Å². The lowest BCUT2D eigenvalue weighted by atomic mass is 10.2. The zero-order chi connectivity index (χ0) is 17.5. The van der Waals surface area contributed by atoms with E-state index in [0.717, 1.165) is 0 Å². The Labute approximate surface area is 140 Å². The molecule has 0 spiro atoms. The lowest BCUT2D eigenvalue weighted by molar-refractivity contribution is -0.116. The summed E-state index contributed by atoms with van der Waals surface area (Å²) in [6.07, 6.45) is 1.49. The van der Waals surface area contributed by atoms with Gasteiger partial charge in [-0.25, -0.2) is 0 Å². The third kappa shape index (κ3) is 4.79. The number of likely N-dealkylation sites (N-methyl/N-ethyl adjacent to an activating group) is 1. The topological polar surface area (TPSA) is 83.6 Å². The second kappa shape index (κ2) is 8.07. The molecule has 0 aliphatic carbocycles. The summed E-state index contributed by atoms with van der Waals surface area (Å²) in [4.78, 5) is 29.3. The Balaban J connectivity index is 2.18. The summed E-state index contributed by atoms with van der Waals surface area (Å²) in [6, 6.07) is 10.3. The largest absolute Gasteiger partial charge is 0.455 e. The number of hydrogen-bond donors (Lipinski definition) is 2. The number of anilines is 1. The number of benzene rings is 1. The standard InChI is InChI=1S/C17H20N4O3/c1-18-17(23)14-10-12(8-9-19-14)24-15-7-5-4-6-13(15)20-16(22)11-21(2)3/h4-10H,11H2,1-3H3,(H,18,23)(H,20,22). The van der Waals surface area contributed by atoms with Gasteiger partial charge in [0.15, 0.2) is 5.75 Å². The molecule has 1 heterocycles. The van der Waals surface area contributed by atoms with Crippen molar-refractivity contribution in [2.75, 3.05) is 33.0 Å². The van der Waals surface area contributed by atoms with E-state index >= 15 is 0 Å². The molecule has 2 rings (SSSR count). The van der Waals surface area contributed by atoms with E-state index in [4.69, 9.17) is 4.74 Å². The molecule has 126 valence electrons. The van der Waals surface area contributed by atoms with Crippen LogP contribution in [0.15, 0.2) is 42.6 Å². The van der Waals surface area contributed by atoms with Crippen LogP contribution in [0.3, 0.4) is 0 Å². The average Bonchev–Trinajstić information content (AvgIpc) is 2.55. The maximum atomic E-state index is 11.9. The normalized spacial score (nSPS) is 10.3. The highest BCUT2D eigenvalue weighted by atomic mass is 16.5. The third-order valence-electron chi connectivity index (χ3n) is 3.04. The third-order valence-corrected chi connectivity index (χ3v) is 3.04. The van der Waals surface area contributed by atoms with Crippen LogP contribution in [0.5, 0.6) is 11.5 Å². The number of pyridine rings is 1. The maximum absolute atomic E-state index is 11.9. The predicted molar refractivity (Wildman–Crippen MR) is 91.3 cm³/mol. The SMILES string of the molecule is CNC(=O)c1cc(Oc2ccccc2NC(=O)CN(C)C)ccn1. The first-order valence-corrected chi connectivity index (χ1v) is 7.39. The summed E-state index contributed by atoms with van der Waals surface area (Å²) in [5, 5.41) is 5.32.